The summed E-state index contributed by atoms with van der Waals surface area (Å²) in [6.45, 7) is 0. The van der Waals surface area contributed by atoms with Crippen LogP contribution in [-0.4, -0.2) is 0 Å². The van der Waals surface area contributed by atoms with Gasteiger partial charge in [-0.3, -0.25) is 0 Å². The molecule has 0 bridgehead atoms. The van der Waals surface area contributed by atoms with E-state index in [1.54, 1.807) is 30.3 Å². The van der Waals surface area contributed by atoms with Crippen molar-refractivity contribution in [1.82, 2.24) is 0 Å². The Morgan fingerprint density at radius 3 is 1.80 bits per heavy atom. The molecule has 0 amide bonds. The van der Waals surface area contributed by atoms with Gasteiger partial charge in [0.15, 0.2) is 0 Å². The summed E-state index contributed by atoms with van der Waals surface area (Å²) in [4.78, 5) is 0.331. The van der Waals surface area contributed by atoms with Crippen LogP contribution >= 0.6 is 0 Å². The van der Waals surface area contributed by atoms with Crippen LogP contribution in [0.4, 0.5) is 0 Å². The van der Waals surface area contributed by atoms with Crippen LogP contribution in [0.3, 0.4) is 0 Å². The molecule has 1 aromatic carbocycles. The molecule has 1 rings (SSSR count). The van der Waals surface area contributed by atoms with E-state index >= 15 is 0 Å². The van der Waals surface area contributed by atoms with E-state index < -0.39 is 10.7 Å². The Hall–Kier alpha value is -0.0897. The van der Waals surface area contributed by atoms with Crippen molar-refractivity contribution in [2.75, 3.05) is 0 Å². The van der Waals surface area contributed by atoms with Crippen molar-refractivity contribution in [3.8, 4) is 0 Å². The van der Waals surface area contributed by atoms with Gasteiger partial charge in [0.25, 0.3) is 0 Å². The molecule has 0 fully saturated rings. The van der Waals surface area contributed by atoms with Gasteiger partial charge in [-0.25, -0.2) is 0 Å². The molecule has 0 aliphatic heterocycles. The summed E-state index contributed by atoms with van der Waals surface area (Å²) in [5.74, 6) is 0. The van der Waals surface area contributed by atoms with Gasteiger partial charge < -0.3 is 8.42 Å². The monoisotopic (exact) mass is 248 g/mol. The molecule has 0 radical (unpaired) electrons. The van der Waals surface area contributed by atoms with Crippen LogP contribution in [-0.2, 0) is 41.5 Å². The maximum absolute atomic E-state index is 10.2. The summed E-state index contributed by atoms with van der Waals surface area (Å²) < 4.78 is 20.4. The smallest absolute Gasteiger partial charge is 0.420 e. The second-order valence-electron chi connectivity index (χ2n) is 1.55. The fraction of sp³-hybridized carbons (Fsp3) is 0. The SMILES string of the molecule is O=[S-](=O)c1ccccc1.[Ag+]. The van der Waals surface area contributed by atoms with Gasteiger partial charge in [0.1, 0.15) is 0 Å². The molecule has 4 heteroatoms. The molecule has 10 heavy (non-hydrogen) atoms. The summed E-state index contributed by atoms with van der Waals surface area (Å²) in [6.07, 6.45) is 0. The van der Waals surface area contributed by atoms with E-state index in [2.05, 4.69) is 0 Å². The van der Waals surface area contributed by atoms with Crippen molar-refractivity contribution < 1.29 is 30.8 Å². The minimum Gasteiger partial charge on any atom is -0.420 e. The van der Waals surface area contributed by atoms with Gasteiger partial charge in [-0.15, -0.1) is 0 Å². The number of hydrogen-bond acceptors (Lipinski definition) is 3. The molecule has 0 aromatic heterocycles. The first kappa shape index (κ1) is 9.91. The summed E-state index contributed by atoms with van der Waals surface area (Å²) in [5, 5.41) is 0. The topological polar surface area (TPSA) is 34.1 Å². The van der Waals surface area contributed by atoms with Gasteiger partial charge in [0.05, 0.1) is 0 Å². The minimum absolute atomic E-state index is 0. The Balaban J connectivity index is 0.000000810. The van der Waals surface area contributed by atoms with E-state index in [-0.39, 0.29) is 22.4 Å². The Morgan fingerprint density at radius 1 is 1.00 bits per heavy atom. The maximum Gasteiger partial charge on any atom is 1.00 e. The van der Waals surface area contributed by atoms with Crippen molar-refractivity contribution in [3.63, 3.8) is 0 Å². The Labute approximate surface area is 76.7 Å². The fourth-order valence-electron chi connectivity index (χ4n) is 0.532. The van der Waals surface area contributed by atoms with E-state index in [0.29, 0.717) is 4.90 Å². The zero-order valence-corrected chi connectivity index (χ0v) is 7.21. The molecule has 0 atom stereocenters. The number of rotatable bonds is 1. The van der Waals surface area contributed by atoms with Crippen LogP contribution in [0, 0.1) is 0 Å². The third kappa shape index (κ3) is 2.66. The van der Waals surface area contributed by atoms with Crippen LogP contribution in [0.1, 0.15) is 0 Å². The molecule has 0 heterocycles. The molecule has 0 saturated carbocycles. The molecule has 1 aromatic rings. The van der Waals surface area contributed by atoms with E-state index in [4.69, 9.17) is 0 Å². The first-order valence-electron chi connectivity index (χ1n) is 2.45. The predicted octanol–water partition coefficient (Wildman–Crippen LogP) is 1.35. The molecule has 58 valence electrons. The first-order valence-corrected chi connectivity index (χ1v) is 3.52. The molecule has 0 saturated heterocycles. The molecule has 0 unspecified atom stereocenters. The van der Waals surface area contributed by atoms with Crippen molar-refractivity contribution in [2.24, 2.45) is 0 Å². The summed E-state index contributed by atoms with van der Waals surface area (Å²) in [7, 11) is -2.08. The van der Waals surface area contributed by atoms with Crippen molar-refractivity contribution >= 4 is 10.7 Å². The van der Waals surface area contributed by atoms with Crippen LogP contribution in [0.15, 0.2) is 35.2 Å². The van der Waals surface area contributed by atoms with Gasteiger partial charge in [0.2, 0.25) is 0 Å². The van der Waals surface area contributed by atoms with Gasteiger partial charge in [-0.2, -0.15) is 0 Å². The average Bonchev–Trinajstić information content (AvgIpc) is 1.90. The minimum atomic E-state index is -2.08. The molecule has 0 aliphatic carbocycles. The molecule has 0 N–H and O–H groups in total. The van der Waals surface area contributed by atoms with Gasteiger partial charge in [0, 0.05) is 0 Å². The summed E-state index contributed by atoms with van der Waals surface area (Å²) in [6, 6.07) is 8.23. The Morgan fingerprint density at radius 2 is 1.50 bits per heavy atom. The van der Waals surface area contributed by atoms with E-state index in [0.717, 1.165) is 0 Å². The van der Waals surface area contributed by atoms with Crippen LogP contribution in [0.2, 0.25) is 0 Å². The van der Waals surface area contributed by atoms with Crippen LogP contribution in [0.25, 0.3) is 0 Å². The second-order valence-corrected chi connectivity index (χ2v) is 2.49. The van der Waals surface area contributed by atoms with E-state index in [1.165, 1.54) is 0 Å². The van der Waals surface area contributed by atoms with Crippen LogP contribution < -0.4 is 0 Å². The van der Waals surface area contributed by atoms with Crippen molar-refractivity contribution in [1.29, 1.82) is 0 Å². The normalized spacial score (nSPS) is 8.90. The third-order valence-electron chi connectivity index (χ3n) is 0.936. The molecule has 0 spiro atoms. The zero-order valence-electron chi connectivity index (χ0n) is 4.91. The molecular weight excluding hydrogens is 244 g/mol. The van der Waals surface area contributed by atoms with Crippen molar-refractivity contribution in [3.05, 3.63) is 30.3 Å². The first-order chi connectivity index (χ1) is 4.30. The Bertz CT molecular complexity index is 248. The summed E-state index contributed by atoms with van der Waals surface area (Å²) in [5.41, 5.74) is 0. The van der Waals surface area contributed by atoms with E-state index in [9.17, 15) is 8.42 Å². The van der Waals surface area contributed by atoms with Crippen molar-refractivity contribution in [2.45, 2.75) is 4.90 Å². The number of hydrogen-bond donors (Lipinski definition) is 0. The average molecular weight is 249 g/mol. The third-order valence-corrected chi connectivity index (χ3v) is 1.59. The van der Waals surface area contributed by atoms with Gasteiger partial charge in [-0.1, -0.05) is 35.2 Å². The summed E-state index contributed by atoms with van der Waals surface area (Å²) >= 11 is 0. The van der Waals surface area contributed by atoms with E-state index in [1.807, 2.05) is 0 Å². The zero-order chi connectivity index (χ0) is 6.69. The molecule has 0 aliphatic rings. The standard InChI is InChI=1S/C6H5O2S.Ag/c7-9(8)6-4-2-1-3-5-6;/h1-5H;/q-1;+1. The second kappa shape index (κ2) is 4.68. The van der Waals surface area contributed by atoms with Crippen LogP contribution in [0.5, 0.6) is 0 Å². The molecule has 2 nitrogen and oxygen atoms in total. The maximum atomic E-state index is 10.2. The predicted molar refractivity (Wildman–Crippen MR) is 33.4 cm³/mol. The number of benzene rings is 1. The fourth-order valence-corrected chi connectivity index (χ4v) is 0.911. The van der Waals surface area contributed by atoms with Gasteiger partial charge in [-0.05, 0) is 10.7 Å². The largest absolute Gasteiger partial charge is 1.00 e. The quantitative estimate of drug-likeness (QED) is 0.556. The Kier molecular flexibility index (Phi) is 4.64. The molecular formula is C6H5AgO2S. The van der Waals surface area contributed by atoms with Gasteiger partial charge >= 0.3 is 22.4 Å².